The Labute approximate surface area is 109 Å². The number of halogens is 1. The second-order valence-corrected chi connectivity index (χ2v) is 6.11. The van der Waals surface area contributed by atoms with Gasteiger partial charge in [0.05, 0.1) is 5.60 Å². The Balaban J connectivity index is 1.97. The van der Waals surface area contributed by atoms with Gasteiger partial charge >= 0.3 is 0 Å². The highest BCUT2D eigenvalue weighted by atomic mass is 19.1. The summed E-state index contributed by atoms with van der Waals surface area (Å²) in [7, 11) is 0. The standard InChI is InChI=1S/C16H23FO/c1-12(2)14-6-8-16(18,9-7-14)11-13-4-3-5-15(17)10-13/h3-5,10,12,14,18H,6-9,11H2,1-2H3. The molecule has 0 aliphatic heterocycles. The van der Waals surface area contributed by atoms with E-state index >= 15 is 0 Å². The lowest BCUT2D eigenvalue weighted by Gasteiger charge is -2.37. The molecule has 1 N–H and O–H groups in total. The average Bonchev–Trinajstić information content (AvgIpc) is 2.29. The molecule has 1 nitrogen and oxygen atoms in total. The van der Waals surface area contributed by atoms with Crippen molar-refractivity contribution in [1.29, 1.82) is 0 Å². The van der Waals surface area contributed by atoms with Crippen molar-refractivity contribution >= 4 is 0 Å². The molecule has 0 heterocycles. The summed E-state index contributed by atoms with van der Waals surface area (Å²) in [4.78, 5) is 0. The van der Waals surface area contributed by atoms with E-state index in [0.29, 0.717) is 12.3 Å². The van der Waals surface area contributed by atoms with E-state index in [-0.39, 0.29) is 5.82 Å². The molecule has 0 aromatic heterocycles. The molecule has 2 rings (SSSR count). The van der Waals surface area contributed by atoms with Crippen LogP contribution in [0.1, 0.15) is 45.1 Å². The normalized spacial score (nSPS) is 28.6. The van der Waals surface area contributed by atoms with Gasteiger partial charge in [-0.3, -0.25) is 0 Å². The van der Waals surface area contributed by atoms with Crippen molar-refractivity contribution in [3.05, 3.63) is 35.6 Å². The van der Waals surface area contributed by atoms with E-state index in [2.05, 4.69) is 13.8 Å². The molecule has 1 saturated carbocycles. The van der Waals surface area contributed by atoms with Crippen LogP contribution in [-0.4, -0.2) is 10.7 Å². The predicted molar refractivity (Wildman–Crippen MR) is 71.8 cm³/mol. The van der Waals surface area contributed by atoms with E-state index in [1.165, 1.54) is 12.1 Å². The zero-order valence-electron chi connectivity index (χ0n) is 11.3. The van der Waals surface area contributed by atoms with Gasteiger partial charge < -0.3 is 5.11 Å². The molecule has 0 atom stereocenters. The maximum atomic E-state index is 13.1. The largest absolute Gasteiger partial charge is 0.390 e. The van der Waals surface area contributed by atoms with Gasteiger partial charge in [-0.05, 0) is 55.2 Å². The Hall–Kier alpha value is -0.890. The Morgan fingerprint density at radius 3 is 2.56 bits per heavy atom. The first kappa shape index (κ1) is 13.5. The summed E-state index contributed by atoms with van der Waals surface area (Å²) >= 11 is 0. The van der Waals surface area contributed by atoms with Gasteiger partial charge in [0.2, 0.25) is 0 Å². The molecule has 100 valence electrons. The van der Waals surface area contributed by atoms with Crippen LogP contribution in [0, 0.1) is 17.7 Å². The van der Waals surface area contributed by atoms with Crippen LogP contribution < -0.4 is 0 Å². The third-order valence-corrected chi connectivity index (χ3v) is 4.33. The monoisotopic (exact) mass is 250 g/mol. The molecule has 18 heavy (non-hydrogen) atoms. The number of benzene rings is 1. The van der Waals surface area contributed by atoms with Crippen molar-refractivity contribution in [1.82, 2.24) is 0 Å². The van der Waals surface area contributed by atoms with Gasteiger partial charge in [0.15, 0.2) is 0 Å². The summed E-state index contributed by atoms with van der Waals surface area (Å²) in [5, 5.41) is 10.6. The Morgan fingerprint density at radius 1 is 1.33 bits per heavy atom. The molecule has 0 bridgehead atoms. The third kappa shape index (κ3) is 3.32. The molecule has 1 aliphatic rings. The zero-order chi connectivity index (χ0) is 13.2. The van der Waals surface area contributed by atoms with Crippen LogP contribution in [-0.2, 0) is 6.42 Å². The maximum absolute atomic E-state index is 13.1. The van der Waals surface area contributed by atoms with Crippen molar-refractivity contribution in [2.45, 2.75) is 51.6 Å². The van der Waals surface area contributed by atoms with Gasteiger partial charge in [-0.1, -0.05) is 26.0 Å². The summed E-state index contributed by atoms with van der Waals surface area (Å²) in [5.41, 5.74) is 0.277. The number of rotatable bonds is 3. The topological polar surface area (TPSA) is 20.2 Å². The van der Waals surface area contributed by atoms with Gasteiger partial charge in [-0.25, -0.2) is 4.39 Å². The van der Waals surface area contributed by atoms with Crippen LogP contribution >= 0.6 is 0 Å². The van der Waals surface area contributed by atoms with Gasteiger partial charge in [0.1, 0.15) is 5.82 Å². The summed E-state index contributed by atoms with van der Waals surface area (Å²) < 4.78 is 13.1. The fraction of sp³-hybridized carbons (Fsp3) is 0.625. The fourth-order valence-corrected chi connectivity index (χ4v) is 3.05. The van der Waals surface area contributed by atoms with Gasteiger partial charge in [0.25, 0.3) is 0 Å². The minimum Gasteiger partial charge on any atom is -0.390 e. The quantitative estimate of drug-likeness (QED) is 0.861. The predicted octanol–water partition coefficient (Wildman–Crippen LogP) is 3.95. The second kappa shape index (κ2) is 5.40. The SMILES string of the molecule is CC(C)C1CCC(O)(Cc2cccc(F)c2)CC1. The van der Waals surface area contributed by atoms with E-state index in [0.717, 1.165) is 37.2 Å². The molecular formula is C16H23FO. The molecule has 2 heteroatoms. The number of hydrogen-bond donors (Lipinski definition) is 1. The highest BCUT2D eigenvalue weighted by Gasteiger charge is 2.34. The van der Waals surface area contributed by atoms with Crippen molar-refractivity contribution < 1.29 is 9.50 Å². The van der Waals surface area contributed by atoms with Crippen LogP contribution in [0.3, 0.4) is 0 Å². The molecule has 0 radical (unpaired) electrons. The van der Waals surface area contributed by atoms with E-state index in [9.17, 15) is 9.50 Å². The first-order valence-corrected chi connectivity index (χ1v) is 6.95. The number of hydrogen-bond acceptors (Lipinski definition) is 1. The molecule has 0 spiro atoms. The highest BCUT2D eigenvalue weighted by molar-refractivity contribution is 5.18. The zero-order valence-corrected chi connectivity index (χ0v) is 11.3. The van der Waals surface area contributed by atoms with Crippen LogP contribution in [0.25, 0.3) is 0 Å². The molecule has 1 aliphatic carbocycles. The second-order valence-electron chi connectivity index (χ2n) is 6.11. The van der Waals surface area contributed by atoms with Crippen LogP contribution in [0.2, 0.25) is 0 Å². The first-order valence-electron chi connectivity index (χ1n) is 6.95. The van der Waals surface area contributed by atoms with Crippen molar-refractivity contribution in [2.24, 2.45) is 11.8 Å². The Kier molecular flexibility index (Phi) is 4.06. The highest BCUT2D eigenvalue weighted by Crippen LogP contribution is 2.37. The van der Waals surface area contributed by atoms with Gasteiger partial charge in [0, 0.05) is 6.42 Å². The minimum atomic E-state index is -0.626. The van der Waals surface area contributed by atoms with Crippen LogP contribution in [0.15, 0.2) is 24.3 Å². The summed E-state index contributed by atoms with van der Waals surface area (Å²) in [6.07, 6.45) is 4.43. The van der Waals surface area contributed by atoms with Crippen molar-refractivity contribution in [2.75, 3.05) is 0 Å². The van der Waals surface area contributed by atoms with Crippen LogP contribution in [0.5, 0.6) is 0 Å². The van der Waals surface area contributed by atoms with E-state index in [4.69, 9.17) is 0 Å². The van der Waals surface area contributed by atoms with E-state index in [1.807, 2.05) is 6.07 Å². The summed E-state index contributed by atoms with van der Waals surface area (Å²) in [6, 6.07) is 6.60. The first-order chi connectivity index (χ1) is 8.48. The van der Waals surface area contributed by atoms with Gasteiger partial charge in [-0.2, -0.15) is 0 Å². The maximum Gasteiger partial charge on any atom is 0.123 e. The molecule has 0 saturated heterocycles. The van der Waals surface area contributed by atoms with E-state index in [1.54, 1.807) is 6.07 Å². The molecule has 0 amide bonds. The lowest BCUT2D eigenvalue weighted by Crippen LogP contribution is -2.37. The molecule has 1 aromatic carbocycles. The molecule has 1 aromatic rings. The Morgan fingerprint density at radius 2 is 2.00 bits per heavy atom. The smallest absolute Gasteiger partial charge is 0.123 e. The minimum absolute atomic E-state index is 0.216. The number of aliphatic hydroxyl groups is 1. The summed E-state index contributed by atoms with van der Waals surface area (Å²) in [5.74, 6) is 1.22. The molecular weight excluding hydrogens is 227 g/mol. The van der Waals surface area contributed by atoms with Crippen molar-refractivity contribution in [3.8, 4) is 0 Å². The fourth-order valence-electron chi connectivity index (χ4n) is 3.05. The third-order valence-electron chi connectivity index (χ3n) is 4.33. The lowest BCUT2D eigenvalue weighted by atomic mass is 9.72. The average molecular weight is 250 g/mol. The Bertz CT molecular complexity index is 392. The lowest BCUT2D eigenvalue weighted by molar-refractivity contribution is -0.0146. The molecule has 0 unspecified atom stereocenters. The van der Waals surface area contributed by atoms with Crippen molar-refractivity contribution in [3.63, 3.8) is 0 Å². The van der Waals surface area contributed by atoms with E-state index < -0.39 is 5.60 Å². The van der Waals surface area contributed by atoms with Crippen LogP contribution in [0.4, 0.5) is 4.39 Å². The molecule has 1 fully saturated rings. The summed E-state index contributed by atoms with van der Waals surface area (Å²) in [6.45, 7) is 4.50. The van der Waals surface area contributed by atoms with Gasteiger partial charge in [-0.15, -0.1) is 0 Å².